The fourth-order valence-electron chi connectivity index (χ4n) is 3.47. The van der Waals surface area contributed by atoms with Crippen molar-refractivity contribution in [1.29, 1.82) is 0 Å². The van der Waals surface area contributed by atoms with E-state index in [0.29, 0.717) is 28.5 Å². The molecule has 6 nitrogen and oxygen atoms in total. The van der Waals surface area contributed by atoms with Gasteiger partial charge < -0.3 is 15.0 Å². The number of piperidine rings is 1. The van der Waals surface area contributed by atoms with Gasteiger partial charge in [-0.3, -0.25) is 14.9 Å². The van der Waals surface area contributed by atoms with Crippen molar-refractivity contribution in [2.75, 3.05) is 18.4 Å². The van der Waals surface area contributed by atoms with E-state index in [0.717, 1.165) is 25.9 Å². The van der Waals surface area contributed by atoms with Gasteiger partial charge in [0.1, 0.15) is 5.75 Å². The van der Waals surface area contributed by atoms with Crippen molar-refractivity contribution in [2.45, 2.75) is 39.7 Å². The van der Waals surface area contributed by atoms with Crippen molar-refractivity contribution < 1.29 is 14.3 Å². The fraction of sp³-hybridized carbons (Fsp3) is 0.375. The number of amides is 2. The number of carbonyl (C=O) groups excluding carboxylic acids is 2. The third-order valence-electron chi connectivity index (χ3n) is 5.16. The third kappa shape index (κ3) is 6.28. The molecule has 1 heterocycles. The molecule has 0 aliphatic carbocycles. The lowest BCUT2D eigenvalue weighted by atomic mass is 9.98. The Hall–Kier alpha value is -2.93. The number of nitrogens with zero attached hydrogens (tertiary/aromatic N) is 1. The largest absolute Gasteiger partial charge is 0.490 e. The van der Waals surface area contributed by atoms with E-state index in [-0.39, 0.29) is 23.0 Å². The number of carbonyl (C=O) groups is 2. The van der Waals surface area contributed by atoms with Gasteiger partial charge in [0.2, 0.25) is 0 Å². The zero-order valence-electron chi connectivity index (χ0n) is 18.2. The fourth-order valence-corrected chi connectivity index (χ4v) is 3.68. The number of anilines is 1. The number of rotatable bonds is 5. The van der Waals surface area contributed by atoms with Crippen molar-refractivity contribution in [3.05, 3.63) is 59.7 Å². The highest BCUT2D eigenvalue weighted by molar-refractivity contribution is 7.80. The van der Waals surface area contributed by atoms with E-state index in [1.54, 1.807) is 36.4 Å². The Balaban J connectivity index is 1.63. The summed E-state index contributed by atoms with van der Waals surface area (Å²) in [5.74, 6) is 0.823. The van der Waals surface area contributed by atoms with Crippen molar-refractivity contribution in [3.63, 3.8) is 0 Å². The Kier molecular flexibility index (Phi) is 7.63. The summed E-state index contributed by atoms with van der Waals surface area (Å²) in [7, 11) is 0. The molecule has 3 rings (SSSR count). The highest BCUT2D eigenvalue weighted by Crippen LogP contribution is 2.21. The molecule has 7 heteroatoms. The summed E-state index contributed by atoms with van der Waals surface area (Å²) in [6.45, 7) is 7.59. The Morgan fingerprint density at radius 3 is 2.52 bits per heavy atom. The van der Waals surface area contributed by atoms with Gasteiger partial charge in [0.15, 0.2) is 5.11 Å². The van der Waals surface area contributed by atoms with Gasteiger partial charge in [-0.1, -0.05) is 25.1 Å². The van der Waals surface area contributed by atoms with Crippen molar-refractivity contribution in [2.24, 2.45) is 5.92 Å². The van der Waals surface area contributed by atoms with E-state index in [1.165, 1.54) is 0 Å². The molecule has 2 aromatic rings. The van der Waals surface area contributed by atoms with E-state index in [2.05, 4.69) is 17.6 Å². The maximum Gasteiger partial charge on any atom is 0.261 e. The van der Waals surface area contributed by atoms with E-state index in [4.69, 9.17) is 17.0 Å². The molecular formula is C24H29N3O3S. The molecule has 0 radical (unpaired) electrons. The molecule has 1 aliphatic rings. The second kappa shape index (κ2) is 10.4. The van der Waals surface area contributed by atoms with Crippen LogP contribution >= 0.6 is 12.2 Å². The molecule has 0 bridgehead atoms. The molecule has 0 atom stereocenters. The lowest BCUT2D eigenvalue weighted by Crippen LogP contribution is -2.38. The lowest BCUT2D eigenvalue weighted by Gasteiger charge is -2.30. The van der Waals surface area contributed by atoms with Gasteiger partial charge in [0, 0.05) is 24.3 Å². The minimum atomic E-state index is -0.358. The number of hydrogen-bond acceptors (Lipinski definition) is 4. The predicted molar refractivity (Wildman–Crippen MR) is 127 cm³/mol. The topological polar surface area (TPSA) is 70.7 Å². The Morgan fingerprint density at radius 2 is 1.81 bits per heavy atom. The zero-order chi connectivity index (χ0) is 22.4. The Labute approximate surface area is 189 Å². The molecule has 31 heavy (non-hydrogen) atoms. The molecule has 2 aromatic carbocycles. The molecule has 0 aromatic heterocycles. The molecule has 1 saturated heterocycles. The van der Waals surface area contributed by atoms with Gasteiger partial charge in [-0.05, 0) is 75.2 Å². The van der Waals surface area contributed by atoms with Crippen LogP contribution in [-0.4, -0.2) is 41.0 Å². The molecule has 164 valence electrons. The molecule has 1 aliphatic heterocycles. The van der Waals surface area contributed by atoms with Crippen LogP contribution in [-0.2, 0) is 0 Å². The smallest absolute Gasteiger partial charge is 0.261 e. The van der Waals surface area contributed by atoms with Gasteiger partial charge >= 0.3 is 0 Å². The number of thiocarbonyl (C=S) groups is 1. The normalized spacial score (nSPS) is 14.3. The average molecular weight is 440 g/mol. The highest BCUT2D eigenvalue weighted by atomic mass is 32.1. The summed E-state index contributed by atoms with van der Waals surface area (Å²) in [6.07, 6.45) is 2.01. The predicted octanol–water partition coefficient (Wildman–Crippen LogP) is 4.47. The van der Waals surface area contributed by atoms with Crippen LogP contribution < -0.4 is 15.4 Å². The molecule has 0 saturated carbocycles. The van der Waals surface area contributed by atoms with Gasteiger partial charge in [-0.15, -0.1) is 0 Å². The van der Waals surface area contributed by atoms with Crippen LogP contribution in [0.3, 0.4) is 0 Å². The third-order valence-corrected chi connectivity index (χ3v) is 5.36. The van der Waals surface area contributed by atoms with E-state index in [9.17, 15) is 9.59 Å². The number of ether oxygens (including phenoxy) is 1. The maximum atomic E-state index is 12.8. The lowest BCUT2D eigenvalue weighted by molar-refractivity contribution is 0.0697. The van der Waals surface area contributed by atoms with Crippen LogP contribution in [0, 0.1) is 5.92 Å². The van der Waals surface area contributed by atoms with Crippen molar-refractivity contribution in [1.82, 2.24) is 10.2 Å². The minimum Gasteiger partial charge on any atom is -0.490 e. The monoisotopic (exact) mass is 439 g/mol. The molecule has 2 N–H and O–H groups in total. The Bertz CT molecular complexity index is 953. The number of nitrogens with one attached hydrogen (secondary N) is 2. The van der Waals surface area contributed by atoms with Gasteiger partial charge in [0.05, 0.1) is 11.7 Å². The van der Waals surface area contributed by atoms with Gasteiger partial charge in [-0.25, -0.2) is 0 Å². The van der Waals surface area contributed by atoms with E-state index >= 15 is 0 Å². The first-order valence-corrected chi connectivity index (χ1v) is 11.0. The summed E-state index contributed by atoms with van der Waals surface area (Å²) >= 11 is 5.31. The first kappa shape index (κ1) is 22.7. The number of hydrogen-bond donors (Lipinski definition) is 2. The van der Waals surface area contributed by atoms with E-state index < -0.39 is 0 Å². The molecule has 2 amide bonds. The van der Waals surface area contributed by atoms with Gasteiger partial charge in [0.25, 0.3) is 11.8 Å². The molecular weight excluding hydrogens is 410 g/mol. The summed E-state index contributed by atoms with van der Waals surface area (Å²) in [5, 5.41) is 5.83. The maximum absolute atomic E-state index is 12.8. The first-order valence-electron chi connectivity index (χ1n) is 10.6. The van der Waals surface area contributed by atoms with Crippen LogP contribution in [0.25, 0.3) is 0 Å². The highest BCUT2D eigenvalue weighted by Gasteiger charge is 2.21. The standard InChI is InChI=1S/C24H29N3O3S/c1-16(2)30-21-10-5-4-9-20(21)22(28)26-24(31)25-19-8-6-7-18(15-19)23(29)27-13-11-17(3)12-14-27/h4-10,15-17H,11-14H2,1-3H3,(H2,25,26,28,31). The average Bonchev–Trinajstić information content (AvgIpc) is 2.74. The molecule has 1 fully saturated rings. The number of likely N-dealkylation sites (tertiary alicyclic amines) is 1. The second-order valence-electron chi connectivity index (χ2n) is 8.13. The quantitative estimate of drug-likeness (QED) is 0.673. The molecule has 0 spiro atoms. The summed E-state index contributed by atoms with van der Waals surface area (Å²) in [6, 6.07) is 14.2. The SMILES string of the molecule is CC1CCN(C(=O)c2cccc(NC(=S)NC(=O)c3ccccc3OC(C)C)c2)CC1. The first-order chi connectivity index (χ1) is 14.8. The van der Waals surface area contributed by atoms with Crippen molar-refractivity contribution in [3.8, 4) is 5.75 Å². The summed E-state index contributed by atoms with van der Waals surface area (Å²) in [5.41, 5.74) is 1.65. The van der Waals surface area contributed by atoms with Crippen LogP contribution in [0.15, 0.2) is 48.5 Å². The molecule has 0 unspecified atom stereocenters. The van der Waals surface area contributed by atoms with Crippen LogP contribution in [0.4, 0.5) is 5.69 Å². The second-order valence-corrected chi connectivity index (χ2v) is 8.53. The minimum absolute atomic E-state index is 0.0188. The summed E-state index contributed by atoms with van der Waals surface area (Å²) < 4.78 is 5.71. The van der Waals surface area contributed by atoms with Crippen LogP contribution in [0.2, 0.25) is 0 Å². The Morgan fingerprint density at radius 1 is 1.10 bits per heavy atom. The number of para-hydroxylation sites is 1. The van der Waals surface area contributed by atoms with Gasteiger partial charge in [-0.2, -0.15) is 0 Å². The van der Waals surface area contributed by atoms with Crippen molar-refractivity contribution >= 4 is 34.8 Å². The van der Waals surface area contributed by atoms with Crippen LogP contribution in [0.5, 0.6) is 5.75 Å². The number of benzene rings is 2. The van der Waals surface area contributed by atoms with E-state index in [1.807, 2.05) is 30.9 Å². The van der Waals surface area contributed by atoms with Crippen LogP contribution in [0.1, 0.15) is 54.3 Å². The summed E-state index contributed by atoms with van der Waals surface area (Å²) in [4.78, 5) is 27.4. The zero-order valence-corrected chi connectivity index (χ0v) is 19.0.